The molecule has 2 aliphatic heterocycles. The Kier molecular flexibility index (Phi) is 8.69. The fourth-order valence-corrected chi connectivity index (χ4v) is 5.66. The van der Waals surface area contributed by atoms with E-state index in [1.165, 1.54) is 11.8 Å². The van der Waals surface area contributed by atoms with Gasteiger partial charge in [-0.15, -0.1) is 0 Å². The van der Waals surface area contributed by atoms with Gasteiger partial charge in [-0.2, -0.15) is 0 Å². The van der Waals surface area contributed by atoms with Crippen LogP contribution in [0, 0.1) is 0 Å². The van der Waals surface area contributed by atoms with E-state index in [1.807, 2.05) is 64.9 Å². The van der Waals surface area contributed by atoms with Gasteiger partial charge in [-0.3, -0.25) is 9.78 Å². The molecule has 9 nitrogen and oxygen atoms in total. The fraction of sp³-hybridized carbons (Fsp3) is 0.226. The minimum absolute atomic E-state index is 0.0899. The number of aliphatic imine (C=N–C) groups is 1. The van der Waals surface area contributed by atoms with E-state index in [9.17, 15) is 9.59 Å². The zero-order chi connectivity index (χ0) is 28.8. The van der Waals surface area contributed by atoms with Crippen LogP contribution in [-0.4, -0.2) is 41.1 Å². The number of esters is 1. The summed E-state index contributed by atoms with van der Waals surface area (Å²) in [5.41, 5.74) is 4.12. The molecule has 0 saturated carbocycles. The molecule has 0 bridgehead atoms. The van der Waals surface area contributed by atoms with Crippen LogP contribution in [0.2, 0.25) is 0 Å². The smallest absolute Gasteiger partial charge is 0.338 e. The topological polar surface area (TPSA) is 102 Å². The fourth-order valence-electron chi connectivity index (χ4n) is 4.70. The summed E-state index contributed by atoms with van der Waals surface area (Å²) in [4.78, 5) is 37.5. The van der Waals surface area contributed by atoms with Gasteiger partial charge in [0.05, 0.1) is 38.0 Å². The third-order valence-corrected chi connectivity index (χ3v) is 7.61. The number of thioether (sulfide) groups is 1. The maximum absolute atomic E-state index is 13.7. The van der Waals surface area contributed by atoms with Crippen LogP contribution in [0.5, 0.6) is 11.5 Å². The molecule has 0 aliphatic carbocycles. The molecule has 0 spiro atoms. The number of pyridine rings is 1. The number of carbonyl (C=O) groups is 2. The summed E-state index contributed by atoms with van der Waals surface area (Å²) in [6, 6.07) is 18.1. The lowest BCUT2D eigenvalue weighted by atomic mass is 9.93. The molecule has 3 aromatic rings. The number of nitrogens with one attached hydrogen (secondary N) is 1. The number of hydrogen-bond donors (Lipinski definition) is 1. The number of amidine groups is 1. The van der Waals surface area contributed by atoms with Crippen LogP contribution in [0.15, 0.2) is 100 Å². The van der Waals surface area contributed by atoms with E-state index in [0.717, 1.165) is 16.7 Å². The third kappa shape index (κ3) is 6.28. The first-order chi connectivity index (χ1) is 20.0. The Hall–Kier alpha value is -4.57. The van der Waals surface area contributed by atoms with Crippen molar-refractivity contribution in [3.63, 3.8) is 0 Å². The number of amides is 1. The monoisotopic (exact) mass is 570 g/mol. The van der Waals surface area contributed by atoms with Crippen LogP contribution >= 0.6 is 11.8 Å². The van der Waals surface area contributed by atoms with Crippen molar-refractivity contribution in [2.75, 3.05) is 14.2 Å². The molecule has 0 saturated heterocycles. The van der Waals surface area contributed by atoms with Gasteiger partial charge in [0.2, 0.25) is 5.91 Å². The van der Waals surface area contributed by atoms with E-state index in [0.29, 0.717) is 40.2 Å². The zero-order valence-electron chi connectivity index (χ0n) is 23.0. The van der Waals surface area contributed by atoms with E-state index in [4.69, 9.17) is 19.2 Å². The van der Waals surface area contributed by atoms with E-state index in [2.05, 4.69) is 10.3 Å². The van der Waals surface area contributed by atoms with Gasteiger partial charge < -0.3 is 24.4 Å². The first kappa shape index (κ1) is 28.0. The molecule has 1 aromatic heterocycles. The van der Waals surface area contributed by atoms with Gasteiger partial charge in [0.15, 0.2) is 5.17 Å². The summed E-state index contributed by atoms with van der Waals surface area (Å²) in [5, 5.41) is 5.52. The number of rotatable bonds is 10. The van der Waals surface area contributed by atoms with Crippen LogP contribution in [0.1, 0.15) is 36.1 Å². The van der Waals surface area contributed by atoms with E-state index >= 15 is 0 Å². The highest BCUT2D eigenvalue weighted by molar-refractivity contribution is 8.16. The van der Waals surface area contributed by atoms with Gasteiger partial charge in [0, 0.05) is 36.3 Å². The van der Waals surface area contributed by atoms with Crippen molar-refractivity contribution in [2.24, 2.45) is 4.99 Å². The van der Waals surface area contributed by atoms with Gasteiger partial charge in [-0.25, -0.2) is 9.79 Å². The number of methoxy groups -OCH3 is 2. The molecular formula is C31H30N4O5S. The van der Waals surface area contributed by atoms with Crippen molar-refractivity contribution in [1.82, 2.24) is 15.2 Å². The molecule has 1 amide bonds. The molecule has 2 aliphatic rings. The van der Waals surface area contributed by atoms with Crippen LogP contribution in [0.4, 0.5) is 0 Å². The maximum Gasteiger partial charge on any atom is 0.338 e. The van der Waals surface area contributed by atoms with Crippen molar-refractivity contribution in [3.05, 3.63) is 112 Å². The first-order valence-corrected chi connectivity index (χ1v) is 13.9. The number of benzene rings is 2. The van der Waals surface area contributed by atoms with E-state index in [-0.39, 0.29) is 18.9 Å². The van der Waals surface area contributed by atoms with Gasteiger partial charge in [-0.05, 0) is 41.7 Å². The molecule has 10 heteroatoms. The van der Waals surface area contributed by atoms with Crippen LogP contribution in [-0.2, 0) is 27.5 Å². The van der Waals surface area contributed by atoms with E-state index < -0.39 is 12.0 Å². The zero-order valence-corrected chi connectivity index (χ0v) is 23.8. The number of fused-ring (bicyclic) bond motifs is 1. The molecule has 210 valence electrons. The summed E-state index contributed by atoms with van der Waals surface area (Å²) in [5.74, 6) is 0.496. The molecule has 2 aromatic carbocycles. The number of hydrogen-bond acceptors (Lipinski definition) is 9. The standard InChI is InChI=1S/C31H30N4O5S/c1-20-28(30(37)40-18-21-8-5-4-6-9-21)29(25-12-11-24(38-2)15-26(25)39-3)35-23(19-41-31(35)34-20)14-27(36)33-17-22-10-7-13-32-16-22/h4-13,15-16,19,29H,14,17-18H2,1-3H3,(H,33,36)/t29-/m0/s1. The number of nitrogens with zero attached hydrogens (tertiary/aromatic N) is 3. The van der Waals surface area contributed by atoms with Crippen LogP contribution in [0.25, 0.3) is 0 Å². The molecule has 1 N–H and O–H groups in total. The Balaban J connectivity index is 1.46. The number of aromatic nitrogens is 1. The Morgan fingerprint density at radius 3 is 2.56 bits per heavy atom. The maximum atomic E-state index is 13.7. The van der Waals surface area contributed by atoms with Gasteiger partial charge >= 0.3 is 5.97 Å². The average Bonchev–Trinajstić information content (AvgIpc) is 3.40. The van der Waals surface area contributed by atoms with E-state index in [1.54, 1.807) is 39.6 Å². The molecule has 5 rings (SSSR count). The predicted molar refractivity (Wildman–Crippen MR) is 157 cm³/mol. The minimum atomic E-state index is -0.640. The Morgan fingerprint density at radius 2 is 1.83 bits per heavy atom. The van der Waals surface area contributed by atoms with Crippen molar-refractivity contribution in [2.45, 2.75) is 32.5 Å². The van der Waals surface area contributed by atoms with Crippen molar-refractivity contribution < 1.29 is 23.8 Å². The lowest BCUT2D eigenvalue weighted by Crippen LogP contribution is -2.38. The van der Waals surface area contributed by atoms with Crippen LogP contribution in [0.3, 0.4) is 0 Å². The molecule has 0 radical (unpaired) electrons. The predicted octanol–water partition coefficient (Wildman–Crippen LogP) is 5.12. The second-order valence-corrected chi connectivity index (χ2v) is 10.2. The Morgan fingerprint density at radius 1 is 1.02 bits per heavy atom. The highest BCUT2D eigenvalue weighted by Crippen LogP contribution is 2.47. The number of allylic oxidation sites excluding steroid dienone is 1. The number of ether oxygens (including phenoxy) is 3. The summed E-state index contributed by atoms with van der Waals surface area (Å²) >= 11 is 1.41. The summed E-state index contributed by atoms with van der Waals surface area (Å²) in [6.45, 7) is 2.28. The summed E-state index contributed by atoms with van der Waals surface area (Å²) < 4.78 is 17.0. The highest BCUT2D eigenvalue weighted by atomic mass is 32.2. The SMILES string of the molecule is COc1ccc([C@H]2C(C(=O)OCc3ccccc3)=C(C)N=C3SC=C(CC(=O)NCc4cccnc4)N32)c(OC)c1. The third-order valence-electron chi connectivity index (χ3n) is 6.72. The van der Waals surface area contributed by atoms with Gasteiger partial charge in [0.25, 0.3) is 0 Å². The number of carbonyl (C=O) groups excluding carboxylic acids is 2. The average molecular weight is 571 g/mol. The molecule has 1 atom stereocenters. The second-order valence-electron chi connectivity index (χ2n) is 9.38. The Labute approximate surface area is 242 Å². The summed E-state index contributed by atoms with van der Waals surface area (Å²) in [7, 11) is 3.15. The molecule has 41 heavy (non-hydrogen) atoms. The lowest BCUT2D eigenvalue weighted by Gasteiger charge is -2.36. The van der Waals surface area contributed by atoms with Gasteiger partial charge in [-0.1, -0.05) is 48.2 Å². The second kappa shape index (κ2) is 12.7. The summed E-state index contributed by atoms with van der Waals surface area (Å²) in [6.07, 6.45) is 3.49. The molecule has 0 fully saturated rings. The quantitative estimate of drug-likeness (QED) is 0.335. The molecule has 3 heterocycles. The van der Waals surface area contributed by atoms with Crippen molar-refractivity contribution in [1.29, 1.82) is 0 Å². The van der Waals surface area contributed by atoms with Crippen molar-refractivity contribution >= 4 is 28.8 Å². The lowest BCUT2D eigenvalue weighted by molar-refractivity contribution is -0.141. The van der Waals surface area contributed by atoms with Gasteiger partial charge in [0.1, 0.15) is 18.1 Å². The normalized spacial score (nSPS) is 16.0. The van der Waals surface area contributed by atoms with Crippen molar-refractivity contribution in [3.8, 4) is 11.5 Å². The Bertz CT molecular complexity index is 1520. The molecule has 0 unspecified atom stereocenters. The molecular weight excluding hydrogens is 540 g/mol. The first-order valence-electron chi connectivity index (χ1n) is 13.0. The van der Waals surface area contributed by atoms with Crippen LogP contribution < -0.4 is 14.8 Å². The largest absolute Gasteiger partial charge is 0.497 e. The highest BCUT2D eigenvalue weighted by Gasteiger charge is 2.42. The minimum Gasteiger partial charge on any atom is -0.497 e.